The maximum atomic E-state index is 11.6. The van der Waals surface area contributed by atoms with Gasteiger partial charge in [0.2, 0.25) is 0 Å². The number of aliphatic hydroxyl groups excluding tert-OH is 1. The molecule has 0 saturated heterocycles. The molecule has 6 heteroatoms. The Labute approximate surface area is 117 Å². The summed E-state index contributed by atoms with van der Waals surface area (Å²) in [4.78, 5) is 25.2. The summed E-state index contributed by atoms with van der Waals surface area (Å²) < 4.78 is 7.01. The van der Waals surface area contributed by atoms with Gasteiger partial charge in [0, 0.05) is 11.8 Å². The highest BCUT2D eigenvalue weighted by Crippen LogP contribution is 2.27. The first-order valence-corrected chi connectivity index (χ1v) is 7.14. The highest BCUT2D eigenvalue weighted by atomic mass is 16.5. The Hall–Kier alpha value is -1.40. The van der Waals surface area contributed by atoms with Crippen LogP contribution in [0.2, 0.25) is 0 Å². The van der Waals surface area contributed by atoms with E-state index >= 15 is 0 Å². The number of aromatic nitrogens is 2. The molecule has 1 fully saturated rings. The van der Waals surface area contributed by atoms with Crippen LogP contribution >= 0.6 is 0 Å². The van der Waals surface area contributed by atoms with Crippen molar-refractivity contribution < 1.29 is 9.84 Å². The summed E-state index contributed by atoms with van der Waals surface area (Å²) in [6.45, 7) is 1.65. The number of nitrogens with one attached hydrogen (secondary N) is 1. The molecule has 20 heavy (non-hydrogen) atoms. The van der Waals surface area contributed by atoms with Crippen molar-refractivity contribution in [3.8, 4) is 0 Å². The number of rotatable bonds is 5. The van der Waals surface area contributed by atoms with Crippen LogP contribution in [0.4, 0.5) is 0 Å². The molecule has 2 rings (SSSR count). The van der Waals surface area contributed by atoms with Crippen molar-refractivity contribution in [3.63, 3.8) is 0 Å². The van der Waals surface area contributed by atoms with Gasteiger partial charge in [-0.25, -0.2) is 4.79 Å². The van der Waals surface area contributed by atoms with E-state index in [1.165, 1.54) is 30.0 Å². The molecule has 6 nitrogen and oxygen atoms in total. The van der Waals surface area contributed by atoms with Crippen molar-refractivity contribution in [2.24, 2.45) is 5.92 Å². The molecule has 112 valence electrons. The first kappa shape index (κ1) is 15.0. The topological polar surface area (TPSA) is 84.3 Å². The third-order valence-corrected chi connectivity index (χ3v) is 3.97. The van der Waals surface area contributed by atoms with Crippen LogP contribution in [0.5, 0.6) is 0 Å². The predicted octanol–water partition coefficient (Wildman–Crippen LogP) is 0.760. The first-order valence-electron chi connectivity index (χ1n) is 7.14. The average molecular weight is 282 g/mol. The molecule has 0 aliphatic heterocycles. The van der Waals surface area contributed by atoms with Crippen LogP contribution in [0.1, 0.15) is 37.7 Å². The van der Waals surface area contributed by atoms with E-state index in [1.54, 1.807) is 6.92 Å². The van der Waals surface area contributed by atoms with Gasteiger partial charge in [-0.1, -0.05) is 19.3 Å². The molecule has 0 amide bonds. The molecular weight excluding hydrogens is 260 g/mol. The molecule has 1 saturated carbocycles. The average Bonchev–Trinajstić information content (AvgIpc) is 2.46. The van der Waals surface area contributed by atoms with Crippen molar-refractivity contribution in [1.82, 2.24) is 9.55 Å². The maximum Gasteiger partial charge on any atom is 0.330 e. The van der Waals surface area contributed by atoms with Gasteiger partial charge in [-0.2, -0.15) is 0 Å². The van der Waals surface area contributed by atoms with Crippen molar-refractivity contribution in [2.75, 3.05) is 6.61 Å². The molecule has 0 radical (unpaired) electrons. The van der Waals surface area contributed by atoms with Crippen LogP contribution in [0.15, 0.2) is 15.8 Å². The fourth-order valence-corrected chi connectivity index (χ4v) is 2.73. The van der Waals surface area contributed by atoms with Gasteiger partial charge in [-0.05, 0) is 25.7 Å². The van der Waals surface area contributed by atoms with Gasteiger partial charge in [0.15, 0.2) is 0 Å². The summed E-state index contributed by atoms with van der Waals surface area (Å²) >= 11 is 0. The maximum absolute atomic E-state index is 11.6. The minimum Gasteiger partial charge on any atom is -0.394 e. The van der Waals surface area contributed by atoms with Crippen LogP contribution in [0, 0.1) is 12.8 Å². The lowest BCUT2D eigenvalue weighted by Gasteiger charge is -2.29. The Balaban J connectivity index is 2.01. The molecule has 1 aromatic rings. The number of H-pyrrole nitrogens is 1. The zero-order valence-corrected chi connectivity index (χ0v) is 11.8. The van der Waals surface area contributed by atoms with Gasteiger partial charge in [0.25, 0.3) is 5.56 Å². The van der Waals surface area contributed by atoms with E-state index in [-0.39, 0.29) is 25.0 Å². The lowest BCUT2D eigenvalue weighted by molar-refractivity contribution is -0.0639. The molecule has 1 unspecified atom stereocenters. The van der Waals surface area contributed by atoms with E-state index < -0.39 is 5.69 Å². The van der Waals surface area contributed by atoms with Crippen LogP contribution in [0.25, 0.3) is 0 Å². The van der Waals surface area contributed by atoms with Crippen molar-refractivity contribution in [2.45, 2.75) is 51.9 Å². The third kappa shape index (κ3) is 3.58. The van der Waals surface area contributed by atoms with Gasteiger partial charge in [0.1, 0.15) is 6.73 Å². The lowest BCUT2D eigenvalue weighted by Crippen LogP contribution is -2.35. The SMILES string of the molecule is Cc1cn(COC(CO)C2CCCCC2)c(=O)[nH]c1=O. The Morgan fingerprint density at radius 2 is 2.10 bits per heavy atom. The quantitative estimate of drug-likeness (QED) is 0.835. The van der Waals surface area contributed by atoms with E-state index in [1.807, 2.05) is 0 Å². The molecule has 1 aliphatic rings. The smallest absolute Gasteiger partial charge is 0.330 e. The summed E-state index contributed by atoms with van der Waals surface area (Å²) in [5.74, 6) is 0.355. The van der Waals surface area contributed by atoms with E-state index in [0.29, 0.717) is 11.5 Å². The van der Waals surface area contributed by atoms with Crippen LogP contribution in [-0.2, 0) is 11.5 Å². The van der Waals surface area contributed by atoms with Gasteiger partial charge >= 0.3 is 5.69 Å². The number of aryl methyl sites for hydroxylation is 1. The summed E-state index contributed by atoms with van der Waals surface area (Å²) in [5, 5.41) is 9.45. The fraction of sp³-hybridized carbons (Fsp3) is 0.714. The number of aliphatic hydroxyl groups is 1. The molecular formula is C14H22N2O4. The number of hydrogen-bond donors (Lipinski definition) is 2. The summed E-state index contributed by atoms with van der Waals surface area (Å²) in [6.07, 6.45) is 6.94. The largest absolute Gasteiger partial charge is 0.394 e. The first-order chi connectivity index (χ1) is 9.61. The number of hydrogen-bond acceptors (Lipinski definition) is 4. The second-order valence-electron chi connectivity index (χ2n) is 5.46. The predicted molar refractivity (Wildman–Crippen MR) is 74.6 cm³/mol. The fourth-order valence-electron chi connectivity index (χ4n) is 2.73. The number of ether oxygens (including phenoxy) is 1. The summed E-state index contributed by atoms with van der Waals surface area (Å²) in [6, 6.07) is 0. The molecule has 0 aromatic carbocycles. The minimum absolute atomic E-state index is 0.0399. The highest BCUT2D eigenvalue weighted by Gasteiger charge is 2.23. The molecule has 2 N–H and O–H groups in total. The Morgan fingerprint density at radius 3 is 2.75 bits per heavy atom. The summed E-state index contributed by atoms with van der Waals surface area (Å²) in [7, 11) is 0. The highest BCUT2D eigenvalue weighted by molar-refractivity contribution is 5.00. The van der Waals surface area contributed by atoms with Crippen LogP contribution in [-0.4, -0.2) is 27.4 Å². The second-order valence-corrected chi connectivity index (χ2v) is 5.46. The van der Waals surface area contributed by atoms with E-state index in [2.05, 4.69) is 4.98 Å². The van der Waals surface area contributed by atoms with Crippen LogP contribution < -0.4 is 11.2 Å². The Morgan fingerprint density at radius 1 is 1.40 bits per heavy atom. The minimum atomic E-state index is -0.485. The van der Waals surface area contributed by atoms with Crippen molar-refractivity contribution in [3.05, 3.63) is 32.6 Å². The Bertz CT molecular complexity index is 543. The molecule has 1 aliphatic carbocycles. The number of nitrogens with zero attached hydrogens (tertiary/aromatic N) is 1. The molecule has 1 aromatic heterocycles. The molecule has 1 atom stereocenters. The third-order valence-electron chi connectivity index (χ3n) is 3.97. The van der Waals surface area contributed by atoms with Crippen molar-refractivity contribution in [1.29, 1.82) is 0 Å². The monoisotopic (exact) mass is 282 g/mol. The molecule has 0 bridgehead atoms. The van der Waals surface area contributed by atoms with Gasteiger partial charge < -0.3 is 9.84 Å². The van der Waals surface area contributed by atoms with E-state index in [0.717, 1.165) is 12.8 Å². The normalized spacial score (nSPS) is 18.1. The van der Waals surface area contributed by atoms with Gasteiger partial charge in [0.05, 0.1) is 12.7 Å². The van der Waals surface area contributed by atoms with E-state index in [9.17, 15) is 14.7 Å². The lowest BCUT2D eigenvalue weighted by atomic mass is 9.85. The zero-order chi connectivity index (χ0) is 14.5. The van der Waals surface area contributed by atoms with Gasteiger partial charge in [-0.3, -0.25) is 14.3 Å². The zero-order valence-electron chi connectivity index (χ0n) is 11.8. The van der Waals surface area contributed by atoms with Crippen molar-refractivity contribution >= 4 is 0 Å². The Kier molecular flexibility index (Phi) is 5.14. The van der Waals surface area contributed by atoms with E-state index in [4.69, 9.17) is 4.74 Å². The summed E-state index contributed by atoms with van der Waals surface area (Å²) in [5.41, 5.74) is -0.399. The van der Waals surface area contributed by atoms with Crippen LogP contribution in [0.3, 0.4) is 0 Å². The van der Waals surface area contributed by atoms with Gasteiger partial charge in [-0.15, -0.1) is 0 Å². The second kappa shape index (κ2) is 6.85. The number of aromatic amines is 1. The molecule has 0 spiro atoms. The molecule has 1 heterocycles. The standard InChI is InChI=1S/C14H22N2O4/c1-10-7-16(14(19)15-13(10)18)9-20-12(8-17)11-5-3-2-4-6-11/h7,11-12,17H,2-6,8-9H2,1H3,(H,15,18,19).